The highest BCUT2D eigenvalue weighted by molar-refractivity contribution is 6.31. The average molecular weight is 693 g/mol. The summed E-state index contributed by atoms with van der Waals surface area (Å²) in [6.45, 7) is -1.43. The van der Waals surface area contributed by atoms with Gasteiger partial charge in [-0.1, -0.05) is 41.8 Å². The topological polar surface area (TPSA) is 113 Å². The van der Waals surface area contributed by atoms with Crippen LogP contribution in [0.3, 0.4) is 0 Å². The van der Waals surface area contributed by atoms with Crippen LogP contribution < -0.4 is 10.9 Å². The molecule has 2 unspecified atom stereocenters. The lowest BCUT2D eigenvalue weighted by atomic mass is 9.95. The first kappa shape index (κ1) is 32.3. The third-order valence-electron chi connectivity index (χ3n) is 7.88. The summed E-state index contributed by atoms with van der Waals surface area (Å²) in [7, 11) is 0. The fraction of sp³-hybridized carbons (Fsp3) is 0.267. The van der Waals surface area contributed by atoms with Crippen molar-refractivity contribution in [2.75, 3.05) is 5.32 Å². The molecule has 47 heavy (non-hydrogen) atoms. The minimum Gasteiger partial charge on any atom is -0.323 e. The van der Waals surface area contributed by atoms with Crippen LogP contribution in [-0.4, -0.2) is 40.2 Å². The molecule has 1 amide bonds. The highest BCUT2D eigenvalue weighted by atomic mass is 35.5. The van der Waals surface area contributed by atoms with Crippen molar-refractivity contribution in [3.8, 4) is 28.1 Å². The lowest BCUT2D eigenvalue weighted by Crippen LogP contribution is -2.28. The van der Waals surface area contributed by atoms with Gasteiger partial charge in [-0.25, -0.2) is 9.36 Å². The minimum absolute atomic E-state index is 0.00915. The van der Waals surface area contributed by atoms with Crippen LogP contribution in [0.2, 0.25) is 10.2 Å². The molecule has 1 aliphatic rings. The molecular formula is C30H23Cl2F5N8O2. The van der Waals surface area contributed by atoms with Crippen molar-refractivity contribution >= 4 is 34.8 Å². The van der Waals surface area contributed by atoms with E-state index in [0.29, 0.717) is 17.3 Å². The van der Waals surface area contributed by atoms with E-state index in [-0.39, 0.29) is 56.9 Å². The number of halogens is 7. The molecule has 0 radical (unpaired) electrons. The molecule has 2 atom stereocenters. The molecular weight excluding hydrogens is 670 g/mol. The summed E-state index contributed by atoms with van der Waals surface area (Å²) in [6, 6.07) is 6.75. The zero-order chi connectivity index (χ0) is 33.6. The minimum atomic E-state index is -4.95. The van der Waals surface area contributed by atoms with Gasteiger partial charge < -0.3 is 9.88 Å². The Morgan fingerprint density at radius 2 is 1.81 bits per heavy atom. The van der Waals surface area contributed by atoms with Crippen LogP contribution >= 0.6 is 23.2 Å². The summed E-state index contributed by atoms with van der Waals surface area (Å²) < 4.78 is 74.9. The van der Waals surface area contributed by atoms with Crippen LogP contribution in [0.4, 0.5) is 27.6 Å². The van der Waals surface area contributed by atoms with Crippen LogP contribution in [0.15, 0.2) is 66.0 Å². The lowest BCUT2D eigenvalue weighted by Gasteiger charge is -2.24. The third-order valence-corrected chi connectivity index (χ3v) is 8.29. The van der Waals surface area contributed by atoms with E-state index in [1.54, 1.807) is 6.92 Å². The molecule has 2 bridgehead atoms. The van der Waals surface area contributed by atoms with Crippen molar-refractivity contribution < 1.29 is 26.7 Å². The number of fused-ring (bicyclic) bond motifs is 4. The molecule has 5 heterocycles. The predicted octanol–water partition coefficient (Wildman–Crippen LogP) is 7.42. The number of anilines is 1. The summed E-state index contributed by atoms with van der Waals surface area (Å²) in [6.07, 6.45) is 0.159. The second-order valence-electron chi connectivity index (χ2n) is 10.9. The molecule has 0 spiro atoms. The van der Waals surface area contributed by atoms with Gasteiger partial charge in [-0.2, -0.15) is 27.1 Å². The molecule has 0 saturated carbocycles. The van der Waals surface area contributed by atoms with Gasteiger partial charge in [0.05, 0.1) is 46.8 Å². The van der Waals surface area contributed by atoms with E-state index in [1.165, 1.54) is 42.7 Å². The van der Waals surface area contributed by atoms with E-state index in [9.17, 15) is 31.5 Å². The first-order valence-electron chi connectivity index (χ1n) is 14.2. The summed E-state index contributed by atoms with van der Waals surface area (Å²) >= 11 is 12.1. The maximum absolute atomic E-state index is 14.8. The molecule has 4 aromatic heterocycles. The Hall–Kier alpha value is -4.63. The first-order valence-corrected chi connectivity index (χ1v) is 14.9. The highest BCUT2D eigenvalue weighted by Gasteiger charge is 2.37. The van der Waals surface area contributed by atoms with Gasteiger partial charge in [-0.3, -0.25) is 14.6 Å². The van der Waals surface area contributed by atoms with Gasteiger partial charge in [0, 0.05) is 46.1 Å². The van der Waals surface area contributed by atoms with Crippen molar-refractivity contribution in [2.45, 2.75) is 45.0 Å². The predicted molar refractivity (Wildman–Crippen MR) is 163 cm³/mol. The molecule has 6 rings (SSSR count). The molecule has 10 nitrogen and oxygen atoms in total. The summed E-state index contributed by atoms with van der Waals surface area (Å²) in [5.74, 6) is -1.04. The number of hydrogen-bond donors (Lipinski definition) is 1. The Bertz CT molecular complexity index is 2040. The Labute approximate surface area is 272 Å². The highest BCUT2D eigenvalue weighted by Crippen LogP contribution is 2.41. The first-order chi connectivity index (χ1) is 22.3. The van der Waals surface area contributed by atoms with E-state index < -0.39 is 47.3 Å². The van der Waals surface area contributed by atoms with Crippen molar-refractivity contribution in [3.05, 3.63) is 93.0 Å². The number of rotatable bonds is 4. The molecule has 5 aromatic rings. The van der Waals surface area contributed by atoms with Crippen molar-refractivity contribution in [3.63, 3.8) is 0 Å². The van der Waals surface area contributed by atoms with Crippen LogP contribution in [0.1, 0.15) is 50.0 Å². The standard InChI is InChI=1S/C30H23Cl2F5N8O2/c1-15-3-2-4-24(21-9-16(7-8-38-21)27-22(40-28(15)47)12-39-45(27)29(33)34)43-13-20(30(35,36)37)18(11-26(43)46)19-10-17(31)5-6-23(19)44-14-25(32)41-42-44/h5-15,24,29H,2-4H2,1H3,(H,40,47). The lowest BCUT2D eigenvalue weighted by molar-refractivity contribution is -0.137. The van der Waals surface area contributed by atoms with Gasteiger partial charge in [-0.05, 0) is 43.2 Å². The van der Waals surface area contributed by atoms with E-state index in [2.05, 4.69) is 25.7 Å². The van der Waals surface area contributed by atoms with Gasteiger partial charge in [0.1, 0.15) is 0 Å². The number of amides is 1. The van der Waals surface area contributed by atoms with Crippen molar-refractivity contribution in [2.24, 2.45) is 5.92 Å². The molecule has 0 saturated heterocycles. The SMILES string of the molecule is CC1CCCC(n2cc(C(F)(F)F)c(-c3cc(Cl)ccc3-n3cc(Cl)nn3)cc2=O)c2cc(ccn2)-c2c(cnn2C(F)F)NC1=O. The maximum atomic E-state index is 14.8. The Morgan fingerprint density at radius 3 is 2.51 bits per heavy atom. The zero-order valence-electron chi connectivity index (χ0n) is 24.2. The fourth-order valence-electron chi connectivity index (χ4n) is 5.63. The quantitative estimate of drug-likeness (QED) is 0.196. The number of hydrogen-bond acceptors (Lipinski definition) is 6. The molecule has 0 aliphatic carbocycles. The number of nitrogens with zero attached hydrogens (tertiary/aromatic N) is 7. The number of pyridine rings is 2. The molecule has 0 fully saturated rings. The summed E-state index contributed by atoms with van der Waals surface area (Å²) in [5.41, 5.74) is -2.11. The smallest absolute Gasteiger partial charge is 0.323 e. The molecule has 17 heteroatoms. The van der Waals surface area contributed by atoms with Crippen molar-refractivity contribution in [1.82, 2.24) is 34.3 Å². The van der Waals surface area contributed by atoms with Gasteiger partial charge in [0.15, 0.2) is 5.15 Å². The van der Waals surface area contributed by atoms with Crippen LogP contribution in [0, 0.1) is 5.92 Å². The number of alkyl halides is 5. The fourth-order valence-corrected chi connectivity index (χ4v) is 5.92. The van der Waals surface area contributed by atoms with Gasteiger partial charge in [0.2, 0.25) is 5.91 Å². The number of carbonyl (C=O) groups is 1. The van der Waals surface area contributed by atoms with E-state index >= 15 is 0 Å². The van der Waals surface area contributed by atoms with E-state index in [1.807, 2.05) is 0 Å². The second kappa shape index (κ2) is 12.5. The number of aromatic nitrogens is 7. The molecule has 1 N–H and O–H groups in total. The normalized spacial score (nSPS) is 17.2. The van der Waals surface area contributed by atoms with Crippen LogP contribution in [-0.2, 0) is 11.0 Å². The van der Waals surface area contributed by atoms with Gasteiger partial charge >= 0.3 is 12.7 Å². The number of carbonyl (C=O) groups excluding carboxylic acids is 1. The zero-order valence-corrected chi connectivity index (χ0v) is 25.7. The van der Waals surface area contributed by atoms with Crippen molar-refractivity contribution in [1.29, 1.82) is 0 Å². The third kappa shape index (κ3) is 6.37. The number of benzene rings is 1. The molecule has 1 aromatic carbocycles. The summed E-state index contributed by atoms with van der Waals surface area (Å²) in [4.78, 5) is 31.1. The van der Waals surface area contributed by atoms with E-state index in [0.717, 1.165) is 21.5 Å². The molecule has 244 valence electrons. The monoisotopic (exact) mass is 692 g/mol. The summed E-state index contributed by atoms with van der Waals surface area (Å²) in [5, 5.41) is 14.0. The van der Waals surface area contributed by atoms with E-state index in [4.69, 9.17) is 23.2 Å². The Balaban J connectivity index is 1.55. The Kier molecular flexibility index (Phi) is 8.61. The number of nitrogens with one attached hydrogen (secondary N) is 1. The largest absolute Gasteiger partial charge is 0.418 e. The maximum Gasteiger partial charge on any atom is 0.418 e. The average Bonchev–Trinajstić information content (AvgIpc) is 3.64. The van der Waals surface area contributed by atoms with Crippen LogP contribution in [0.25, 0.3) is 28.1 Å². The van der Waals surface area contributed by atoms with Gasteiger partial charge in [-0.15, -0.1) is 5.10 Å². The second-order valence-corrected chi connectivity index (χ2v) is 11.8. The van der Waals surface area contributed by atoms with Gasteiger partial charge in [0.25, 0.3) is 5.56 Å². The van der Waals surface area contributed by atoms with Crippen LogP contribution in [0.5, 0.6) is 0 Å². The Morgan fingerprint density at radius 1 is 1.02 bits per heavy atom. The molecule has 1 aliphatic heterocycles.